The fourth-order valence-corrected chi connectivity index (χ4v) is 5.48. The average molecular weight is 547 g/mol. The van der Waals surface area contributed by atoms with Crippen LogP contribution in [0.15, 0.2) is 78.2 Å². The van der Waals surface area contributed by atoms with Gasteiger partial charge in [0.05, 0.1) is 21.9 Å². The number of aromatic hydroxyl groups is 1. The zero-order chi connectivity index (χ0) is 27.4. The monoisotopic (exact) mass is 546 g/mol. The van der Waals surface area contributed by atoms with Gasteiger partial charge in [0, 0.05) is 67.8 Å². The molecule has 0 bridgehead atoms. The zero-order valence-corrected chi connectivity index (χ0v) is 22.4. The largest absolute Gasteiger partial charge is 0.494 e. The number of aromatic amines is 1. The van der Waals surface area contributed by atoms with Crippen molar-refractivity contribution in [1.82, 2.24) is 30.1 Å². The second-order valence-corrected chi connectivity index (χ2v) is 11.6. The summed E-state index contributed by atoms with van der Waals surface area (Å²) in [5, 5.41) is 14.1. The Kier molecular flexibility index (Phi) is 7.62. The van der Waals surface area contributed by atoms with Crippen LogP contribution < -0.4 is 5.32 Å². The summed E-state index contributed by atoms with van der Waals surface area (Å²) in [5.74, 6) is -0.506. The molecule has 0 unspecified atom stereocenters. The molecule has 3 N–H and O–H groups in total. The van der Waals surface area contributed by atoms with Gasteiger partial charge < -0.3 is 25.2 Å². The number of rotatable bonds is 8. The molecule has 10 nitrogen and oxygen atoms in total. The molecule has 5 rings (SSSR count). The van der Waals surface area contributed by atoms with Gasteiger partial charge in [-0.25, -0.2) is 8.42 Å². The normalized spacial score (nSPS) is 14.7. The number of benzene rings is 1. The number of nitrogens with zero attached hydrogens (tertiary/aromatic N) is 4. The first kappa shape index (κ1) is 26.4. The summed E-state index contributed by atoms with van der Waals surface area (Å²) in [7, 11) is -1.50. The Balaban J connectivity index is 1.32. The molecule has 1 saturated heterocycles. The van der Waals surface area contributed by atoms with E-state index in [1.807, 2.05) is 18.3 Å². The van der Waals surface area contributed by atoms with Gasteiger partial charge in [-0.15, -0.1) is 0 Å². The molecule has 4 aromatic rings. The van der Waals surface area contributed by atoms with E-state index in [1.54, 1.807) is 42.7 Å². The van der Waals surface area contributed by atoms with E-state index in [0.717, 1.165) is 31.7 Å². The summed E-state index contributed by atoms with van der Waals surface area (Å²) in [6, 6.07) is 11.8. The van der Waals surface area contributed by atoms with Crippen LogP contribution in [0.1, 0.15) is 15.9 Å². The summed E-state index contributed by atoms with van der Waals surface area (Å²) < 4.78 is 25.7. The van der Waals surface area contributed by atoms with Gasteiger partial charge in [0.2, 0.25) is 0 Å². The maximum Gasteiger partial charge on any atom is 0.251 e. The predicted octanol–water partition coefficient (Wildman–Crippen LogP) is 2.80. The molecule has 0 saturated carbocycles. The van der Waals surface area contributed by atoms with Crippen molar-refractivity contribution in [3.8, 4) is 17.1 Å². The number of H-pyrrole nitrogens is 1. The van der Waals surface area contributed by atoms with Crippen LogP contribution in [0, 0.1) is 0 Å². The molecule has 1 aliphatic rings. The van der Waals surface area contributed by atoms with E-state index in [0.29, 0.717) is 34.3 Å². The quantitative estimate of drug-likeness (QED) is 0.308. The van der Waals surface area contributed by atoms with Crippen molar-refractivity contribution in [3.63, 3.8) is 0 Å². The van der Waals surface area contributed by atoms with E-state index < -0.39 is 9.84 Å². The number of hydrogen-bond donors (Lipinski definition) is 3. The summed E-state index contributed by atoms with van der Waals surface area (Å²) in [5.41, 5.74) is 2.75. The summed E-state index contributed by atoms with van der Waals surface area (Å²) >= 11 is 0. The third kappa shape index (κ3) is 6.10. The Morgan fingerprint density at radius 3 is 2.59 bits per heavy atom. The fourth-order valence-electron chi connectivity index (χ4n) is 4.46. The van der Waals surface area contributed by atoms with Gasteiger partial charge in [0.15, 0.2) is 15.7 Å². The Hall–Kier alpha value is -4.22. The Bertz CT molecular complexity index is 1590. The highest BCUT2D eigenvalue weighted by atomic mass is 32.2. The number of piperazine rings is 1. The van der Waals surface area contributed by atoms with Gasteiger partial charge >= 0.3 is 0 Å². The lowest BCUT2D eigenvalue weighted by Crippen LogP contribution is -2.41. The molecular formula is C28H30N6O4S. The van der Waals surface area contributed by atoms with Crippen molar-refractivity contribution in [3.05, 3.63) is 84.5 Å². The summed E-state index contributed by atoms with van der Waals surface area (Å²) in [6.45, 7) is 3.98. The maximum atomic E-state index is 12.9. The van der Waals surface area contributed by atoms with Gasteiger partial charge in [-0.2, -0.15) is 0 Å². The SMILES string of the molecule is CN1CCN(C=CCS(=O)(=O)c2ccc(-c3c(O)[nH]c4ccc(C(=O)NCc5ccncc5)cc34)nc2)CC1. The molecule has 202 valence electrons. The number of fused-ring (bicyclic) bond motifs is 1. The number of hydrogen-bond acceptors (Lipinski definition) is 8. The smallest absolute Gasteiger partial charge is 0.251 e. The Morgan fingerprint density at radius 2 is 1.87 bits per heavy atom. The average Bonchev–Trinajstić information content (AvgIpc) is 3.28. The first-order valence-corrected chi connectivity index (χ1v) is 14.3. The van der Waals surface area contributed by atoms with Gasteiger partial charge in [-0.1, -0.05) is 6.08 Å². The van der Waals surface area contributed by atoms with Crippen LogP contribution in [0.25, 0.3) is 22.2 Å². The van der Waals surface area contributed by atoms with Crippen LogP contribution in [0.5, 0.6) is 5.88 Å². The molecule has 0 radical (unpaired) electrons. The highest BCUT2D eigenvalue weighted by Crippen LogP contribution is 2.36. The number of aromatic nitrogens is 3. The van der Waals surface area contributed by atoms with Crippen molar-refractivity contribution >= 4 is 26.6 Å². The molecule has 1 aliphatic heterocycles. The molecule has 0 aliphatic carbocycles. The molecule has 1 aromatic carbocycles. The lowest BCUT2D eigenvalue weighted by Gasteiger charge is -2.31. The number of likely N-dealkylation sites (N-methyl/N-ethyl adjacent to an activating group) is 1. The summed E-state index contributed by atoms with van der Waals surface area (Å²) in [4.78, 5) is 28.5. The van der Waals surface area contributed by atoms with Crippen molar-refractivity contribution in [1.29, 1.82) is 0 Å². The van der Waals surface area contributed by atoms with Crippen molar-refractivity contribution in [2.45, 2.75) is 11.4 Å². The van der Waals surface area contributed by atoms with E-state index in [9.17, 15) is 18.3 Å². The highest BCUT2D eigenvalue weighted by Gasteiger charge is 2.19. The van der Waals surface area contributed by atoms with Crippen LogP contribution in [0.2, 0.25) is 0 Å². The lowest BCUT2D eigenvalue weighted by molar-refractivity contribution is 0.0951. The number of amides is 1. The van der Waals surface area contributed by atoms with E-state index in [2.05, 4.69) is 37.1 Å². The summed E-state index contributed by atoms with van der Waals surface area (Å²) in [6.07, 6.45) is 8.15. The van der Waals surface area contributed by atoms with Gasteiger partial charge in [-0.05, 0) is 61.3 Å². The van der Waals surface area contributed by atoms with E-state index in [-0.39, 0.29) is 22.4 Å². The Morgan fingerprint density at radius 1 is 1.10 bits per heavy atom. The Labute approximate surface area is 226 Å². The van der Waals surface area contributed by atoms with Crippen LogP contribution in [-0.2, 0) is 16.4 Å². The topological polar surface area (TPSA) is 132 Å². The lowest BCUT2D eigenvalue weighted by atomic mass is 10.1. The third-order valence-corrected chi connectivity index (χ3v) is 8.36. The second-order valence-electron chi connectivity index (χ2n) is 9.53. The molecule has 0 atom stereocenters. The third-order valence-electron chi connectivity index (χ3n) is 6.76. The molecule has 4 heterocycles. The second kappa shape index (κ2) is 11.3. The molecule has 39 heavy (non-hydrogen) atoms. The first-order valence-electron chi connectivity index (χ1n) is 12.6. The van der Waals surface area contributed by atoms with E-state index in [1.165, 1.54) is 12.3 Å². The van der Waals surface area contributed by atoms with Gasteiger partial charge in [0.25, 0.3) is 5.91 Å². The molecule has 0 spiro atoms. The van der Waals surface area contributed by atoms with Crippen LogP contribution in [0.4, 0.5) is 0 Å². The van der Waals surface area contributed by atoms with Crippen molar-refractivity contribution in [2.75, 3.05) is 39.0 Å². The molecular weight excluding hydrogens is 516 g/mol. The van der Waals surface area contributed by atoms with Crippen molar-refractivity contribution in [2.24, 2.45) is 0 Å². The van der Waals surface area contributed by atoms with Crippen LogP contribution in [-0.4, -0.2) is 83.2 Å². The standard InChI is InChI=1S/C28H30N6O4S/c1-33-12-14-34(15-13-33)11-2-16-39(37,38)22-4-6-25(30-19-22)26-23-17-21(3-5-24(23)32-28(26)36)27(35)31-18-20-7-9-29-10-8-20/h2-11,17,19,32,36H,12-16,18H2,1H3,(H,31,35). The number of carbonyl (C=O) groups is 1. The molecule has 1 fully saturated rings. The minimum atomic E-state index is -3.57. The van der Waals surface area contributed by atoms with Crippen LogP contribution >= 0.6 is 0 Å². The molecule has 1 amide bonds. The van der Waals surface area contributed by atoms with Crippen LogP contribution in [0.3, 0.4) is 0 Å². The predicted molar refractivity (Wildman–Crippen MR) is 149 cm³/mol. The molecule has 3 aromatic heterocycles. The number of nitrogens with one attached hydrogen (secondary N) is 2. The minimum absolute atomic E-state index is 0.102. The van der Waals surface area contributed by atoms with E-state index >= 15 is 0 Å². The fraction of sp³-hybridized carbons (Fsp3) is 0.250. The number of carbonyl (C=O) groups excluding carboxylic acids is 1. The van der Waals surface area contributed by atoms with E-state index in [4.69, 9.17) is 0 Å². The van der Waals surface area contributed by atoms with Crippen molar-refractivity contribution < 1.29 is 18.3 Å². The first-order chi connectivity index (χ1) is 18.8. The van der Waals surface area contributed by atoms with Gasteiger partial charge in [0.1, 0.15) is 0 Å². The number of pyridine rings is 2. The zero-order valence-electron chi connectivity index (χ0n) is 21.5. The minimum Gasteiger partial charge on any atom is -0.494 e. The molecule has 11 heteroatoms. The maximum absolute atomic E-state index is 12.9. The highest BCUT2D eigenvalue weighted by molar-refractivity contribution is 7.91. The number of sulfone groups is 1. The van der Waals surface area contributed by atoms with Gasteiger partial charge in [-0.3, -0.25) is 14.8 Å².